The highest BCUT2D eigenvalue weighted by molar-refractivity contribution is 5.29. The van der Waals surface area contributed by atoms with Crippen molar-refractivity contribution in [2.24, 2.45) is 0 Å². The monoisotopic (exact) mass is 208 g/mol. The van der Waals surface area contributed by atoms with E-state index in [4.69, 9.17) is 4.74 Å². The van der Waals surface area contributed by atoms with E-state index >= 15 is 0 Å². The predicted molar refractivity (Wildman–Crippen MR) is 62.2 cm³/mol. The zero-order chi connectivity index (χ0) is 11.3. The molecule has 0 aliphatic rings. The molecule has 0 saturated carbocycles. The topological polar surface area (TPSA) is 29.5 Å². The number of aliphatic hydroxyl groups is 1. The molecule has 15 heavy (non-hydrogen) atoms. The summed E-state index contributed by atoms with van der Waals surface area (Å²) in [6, 6.07) is 7.87. The van der Waals surface area contributed by atoms with Crippen molar-refractivity contribution in [3.63, 3.8) is 0 Å². The average molecular weight is 208 g/mol. The summed E-state index contributed by atoms with van der Waals surface area (Å²) in [4.78, 5) is 0. The fourth-order valence-corrected chi connectivity index (χ4v) is 1.85. The summed E-state index contributed by atoms with van der Waals surface area (Å²) in [6.45, 7) is 3.97. The van der Waals surface area contributed by atoms with E-state index in [0.29, 0.717) is 6.42 Å². The van der Waals surface area contributed by atoms with Crippen LogP contribution in [0.3, 0.4) is 0 Å². The van der Waals surface area contributed by atoms with Crippen LogP contribution in [0.1, 0.15) is 32.3 Å². The van der Waals surface area contributed by atoms with Gasteiger partial charge in [0.15, 0.2) is 0 Å². The molecule has 0 aromatic heterocycles. The van der Waals surface area contributed by atoms with E-state index < -0.39 is 5.60 Å². The molecular weight excluding hydrogens is 188 g/mol. The molecule has 1 N–H and O–H groups in total. The highest BCUT2D eigenvalue weighted by Crippen LogP contribution is 2.21. The fourth-order valence-electron chi connectivity index (χ4n) is 1.85. The first kappa shape index (κ1) is 12.1. The Morgan fingerprint density at radius 1 is 1.40 bits per heavy atom. The molecule has 84 valence electrons. The Labute approximate surface area is 91.9 Å². The quantitative estimate of drug-likeness (QED) is 0.806. The highest BCUT2D eigenvalue weighted by atomic mass is 16.5. The molecular formula is C13H20O2. The van der Waals surface area contributed by atoms with Gasteiger partial charge < -0.3 is 9.84 Å². The summed E-state index contributed by atoms with van der Waals surface area (Å²) in [6.07, 6.45) is 2.50. The van der Waals surface area contributed by atoms with E-state index in [1.165, 1.54) is 0 Å². The van der Waals surface area contributed by atoms with Crippen molar-refractivity contribution in [1.82, 2.24) is 0 Å². The molecule has 0 aliphatic heterocycles. The smallest absolute Gasteiger partial charge is 0.119 e. The minimum absolute atomic E-state index is 0.610. The maximum Gasteiger partial charge on any atom is 0.119 e. The second-order valence-electron chi connectivity index (χ2n) is 4.28. The van der Waals surface area contributed by atoms with E-state index in [1.54, 1.807) is 7.11 Å². The first-order valence-corrected chi connectivity index (χ1v) is 5.43. The molecule has 0 spiro atoms. The van der Waals surface area contributed by atoms with Crippen LogP contribution in [0, 0.1) is 0 Å². The lowest BCUT2D eigenvalue weighted by Gasteiger charge is -2.22. The van der Waals surface area contributed by atoms with Gasteiger partial charge in [-0.05, 0) is 31.0 Å². The van der Waals surface area contributed by atoms with Gasteiger partial charge in [-0.1, -0.05) is 25.5 Å². The lowest BCUT2D eigenvalue weighted by molar-refractivity contribution is 0.0505. The van der Waals surface area contributed by atoms with Crippen LogP contribution in [-0.2, 0) is 6.42 Å². The zero-order valence-corrected chi connectivity index (χ0v) is 9.79. The molecule has 0 fully saturated rings. The summed E-state index contributed by atoms with van der Waals surface area (Å²) in [5, 5.41) is 10.1. The molecule has 0 amide bonds. The van der Waals surface area contributed by atoms with Crippen LogP contribution < -0.4 is 4.74 Å². The number of hydrogen-bond donors (Lipinski definition) is 1. The second-order valence-corrected chi connectivity index (χ2v) is 4.28. The van der Waals surface area contributed by atoms with Gasteiger partial charge >= 0.3 is 0 Å². The first-order chi connectivity index (χ1) is 7.07. The lowest BCUT2D eigenvalue weighted by Crippen LogP contribution is -2.26. The third kappa shape index (κ3) is 3.92. The molecule has 1 atom stereocenters. The number of rotatable bonds is 5. The molecule has 0 bridgehead atoms. The van der Waals surface area contributed by atoms with Crippen LogP contribution in [0.15, 0.2) is 24.3 Å². The van der Waals surface area contributed by atoms with Crippen LogP contribution >= 0.6 is 0 Å². The van der Waals surface area contributed by atoms with Crippen molar-refractivity contribution in [3.8, 4) is 5.75 Å². The zero-order valence-electron chi connectivity index (χ0n) is 9.79. The Kier molecular flexibility index (Phi) is 4.15. The number of benzene rings is 1. The molecule has 2 heteroatoms. The van der Waals surface area contributed by atoms with Gasteiger partial charge in [0.1, 0.15) is 5.75 Å². The van der Waals surface area contributed by atoms with Crippen molar-refractivity contribution in [3.05, 3.63) is 29.8 Å². The maximum atomic E-state index is 10.1. The van der Waals surface area contributed by atoms with Crippen molar-refractivity contribution in [1.29, 1.82) is 0 Å². The van der Waals surface area contributed by atoms with Crippen LogP contribution in [0.25, 0.3) is 0 Å². The highest BCUT2D eigenvalue weighted by Gasteiger charge is 2.19. The largest absolute Gasteiger partial charge is 0.497 e. The molecule has 0 heterocycles. The summed E-state index contributed by atoms with van der Waals surface area (Å²) < 4.78 is 5.15. The molecule has 0 saturated heterocycles. The Morgan fingerprint density at radius 2 is 2.13 bits per heavy atom. The maximum absolute atomic E-state index is 10.1. The summed E-state index contributed by atoms with van der Waals surface area (Å²) in [7, 11) is 1.66. The minimum Gasteiger partial charge on any atom is -0.497 e. The summed E-state index contributed by atoms with van der Waals surface area (Å²) in [5.41, 5.74) is 0.508. The third-order valence-corrected chi connectivity index (χ3v) is 2.51. The van der Waals surface area contributed by atoms with Gasteiger partial charge in [0.25, 0.3) is 0 Å². The standard InChI is InChI=1S/C13H20O2/c1-4-8-13(2,14)10-11-6-5-7-12(9-11)15-3/h5-7,9,14H,4,8,10H2,1-3H3. The van der Waals surface area contributed by atoms with E-state index in [2.05, 4.69) is 6.92 Å². The Balaban J connectivity index is 2.71. The molecule has 1 aromatic rings. The van der Waals surface area contributed by atoms with Gasteiger partial charge in [-0.3, -0.25) is 0 Å². The van der Waals surface area contributed by atoms with Gasteiger partial charge in [0, 0.05) is 6.42 Å². The molecule has 1 aromatic carbocycles. The van der Waals surface area contributed by atoms with Crippen LogP contribution in [0.5, 0.6) is 5.75 Å². The number of ether oxygens (including phenoxy) is 1. The van der Waals surface area contributed by atoms with Gasteiger partial charge in [-0.15, -0.1) is 0 Å². The second kappa shape index (κ2) is 5.17. The van der Waals surface area contributed by atoms with Gasteiger partial charge in [0.05, 0.1) is 12.7 Å². The Morgan fingerprint density at radius 3 is 2.73 bits per heavy atom. The van der Waals surface area contributed by atoms with E-state index in [9.17, 15) is 5.11 Å². The normalized spacial score (nSPS) is 14.7. The third-order valence-electron chi connectivity index (χ3n) is 2.51. The lowest BCUT2D eigenvalue weighted by atomic mass is 9.92. The predicted octanol–water partition coefficient (Wildman–Crippen LogP) is 2.79. The van der Waals surface area contributed by atoms with Crippen LogP contribution in [0.4, 0.5) is 0 Å². The molecule has 0 radical (unpaired) electrons. The van der Waals surface area contributed by atoms with Crippen molar-refractivity contribution >= 4 is 0 Å². The average Bonchev–Trinajstić information content (AvgIpc) is 2.17. The molecule has 1 rings (SSSR count). The van der Waals surface area contributed by atoms with Crippen molar-refractivity contribution in [2.45, 2.75) is 38.7 Å². The Bertz CT molecular complexity index is 305. The van der Waals surface area contributed by atoms with E-state index in [1.807, 2.05) is 31.2 Å². The van der Waals surface area contributed by atoms with Gasteiger partial charge in [0.2, 0.25) is 0 Å². The molecule has 0 aliphatic carbocycles. The van der Waals surface area contributed by atoms with Crippen LogP contribution in [-0.4, -0.2) is 17.8 Å². The Hall–Kier alpha value is -1.02. The first-order valence-electron chi connectivity index (χ1n) is 5.43. The molecule has 2 nitrogen and oxygen atoms in total. The van der Waals surface area contributed by atoms with Crippen molar-refractivity contribution < 1.29 is 9.84 Å². The number of hydrogen-bond acceptors (Lipinski definition) is 2. The molecule has 1 unspecified atom stereocenters. The number of methoxy groups -OCH3 is 1. The SMILES string of the molecule is CCCC(C)(O)Cc1cccc(OC)c1. The van der Waals surface area contributed by atoms with E-state index in [-0.39, 0.29) is 0 Å². The van der Waals surface area contributed by atoms with Crippen LogP contribution in [0.2, 0.25) is 0 Å². The summed E-state index contributed by atoms with van der Waals surface area (Å²) in [5.74, 6) is 0.847. The van der Waals surface area contributed by atoms with Crippen molar-refractivity contribution in [2.75, 3.05) is 7.11 Å². The summed E-state index contributed by atoms with van der Waals surface area (Å²) >= 11 is 0. The fraction of sp³-hybridized carbons (Fsp3) is 0.538. The van der Waals surface area contributed by atoms with Gasteiger partial charge in [-0.25, -0.2) is 0 Å². The van der Waals surface area contributed by atoms with Gasteiger partial charge in [-0.2, -0.15) is 0 Å². The minimum atomic E-state index is -0.610. The van der Waals surface area contributed by atoms with E-state index in [0.717, 1.165) is 24.2 Å².